The van der Waals surface area contributed by atoms with Gasteiger partial charge in [-0.3, -0.25) is 4.79 Å². The lowest BCUT2D eigenvalue weighted by Crippen LogP contribution is -2.21. The van der Waals surface area contributed by atoms with E-state index in [0.29, 0.717) is 10.2 Å². The van der Waals surface area contributed by atoms with E-state index in [0.717, 1.165) is 18.2 Å². The predicted octanol–water partition coefficient (Wildman–Crippen LogP) is 3.74. The minimum Gasteiger partial charge on any atom is -0.483 e. The molecule has 104 valence electrons. The van der Waals surface area contributed by atoms with Crippen LogP contribution >= 0.6 is 15.9 Å². The van der Waals surface area contributed by atoms with E-state index in [1.807, 2.05) is 0 Å². The Kier molecular flexibility index (Phi) is 4.68. The highest BCUT2D eigenvalue weighted by molar-refractivity contribution is 9.10. The van der Waals surface area contributed by atoms with Gasteiger partial charge in [0, 0.05) is 6.07 Å². The molecule has 0 saturated carbocycles. The van der Waals surface area contributed by atoms with Gasteiger partial charge in [-0.2, -0.15) is 0 Å². The number of hydrogen-bond acceptors (Lipinski definition) is 2. The Bertz CT molecular complexity index is 634. The van der Waals surface area contributed by atoms with Crippen LogP contribution in [0.4, 0.5) is 14.5 Å². The molecule has 6 heteroatoms. The van der Waals surface area contributed by atoms with Crippen LogP contribution in [0.3, 0.4) is 0 Å². The summed E-state index contributed by atoms with van der Waals surface area (Å²) in [6.07, 6.45) is 0. The first kappa shape index (κ1) is 14.5. The molecule has 2 rings (SSSR count). The molecule has 0 aliphatic rings. The summed E-state index contributed by atoms with van der Waals surface area (Å²) >= 11 is 3.27. The predicted molar refractivity (Wildman–Crippen MR) is 74.6 cm³/mol. The number of para-hydroxylation sites is 1. The van der Waals surface area contributed by atoms with Crippen molar-refractivity contribution in [3.8, 4) is 5.75 Å². The number of ether oxygens (including phenoxy) is 1. The van der Waals surface area contributed by atoms with Gasteiger partial charge in [0.05, 0.1) is 10.2 Å². The highest BCUT2D eigenvalue weighted by Crippen LogP contribution is 2.23. The molecule has 0 bridgehead atoms. The van der Waals surface area contributed by atoms with Crippen LogP contribution in [-0.2, 0) is 4.79 Å². The lowest BCUT2D eigenvalue weighted by molar-refractivity contribution is -0.118. The first-order valence-corrected chi connectivity index (χ1v) is 6.48. The van der Waals surface area contributed by atoms with Crippen molar-refractivity contribution in [1.29, 1.82) is 0 Å². The Hall–Kier alpha value is -1.95. The minimum atomic E-state index is -0.708. The molecule has 1 amide bonds. The van der Waals surface area contributed by atoms with Crippen molar-refractivity contribution < 1.29 is 18.3 Å². The fraction of sp³-hybridized carbons (Fsp3) is 0.0714. The second-order valence-electron chi connectivity index (χ2n) is 3.89. The van der Waals surface area contributed by atoms with Crippen molar-refractivity contribution in [1.82, 2.24) is 0 Å². The van der Waals surface area contributed by atoms with E-state index in [4.69, 9.17) is 4.74 Å². The van der Waals surface area contributed by atoms with Crippen molar-refractivity contribution in [3.05, 3.63) is 58.6 Å². The average Bonchev–Trinajstić information content (AvgIpc) is 2.42. The van der Waals surface area contributed by atoms with Gasteiger partial charge in [-0.15, -0.1) is 0 Å². The standard InChI is InChI=1S/C14H10BrF2NO2/c15-10-3-1-2-4-13(10)20-8-14(19)18-12-7-9(16)5-6-11(12)17/h1-7H,8H2,(H,18,19). The molecule has 0 aliphatic heterocycles. The van der Waals surface area contributed by atoms with Gasteiger partial charge in [0.15, 0.2) is 6.61 Å². The van der Waals surface area contributed by atoms with E-state index in [9.17, 15) is 13.6 Å². The van der Waals surface area contributed by atoms with Crippen molar-refractivity contribution in [2.45, 2.75) is 0 Å². The zero-order chi connectivity index (χ0) is 14.5. The summed E-state index contributed by atoms with van der Waals surface area (Å²) in [4.78, 5) is 11.6. The number of carbonyl (C=O) groups excluding carboxylic acids is 1. The van der Waals surface area contributed by atoms with Crippen LogP contribution in [0.25, 0.3) is 0 Å². The van der Waals surface area contributed by atoms with Crippen molar-refractivity contribution in [2.24, 2.45) is 0 Å². The molecule has 2 aromatic carbocycles. The molecule has 3 nitrogen and oxygen atoms in total. The maximum atomic E-state index is 13.3. The smallest absolute Gasteiger partial charge is 0.262 e. The van der Waals surface area contributed by atoms with Crippen LogP contribution in [0, 0.1) is 11.6 Å². The minimum absolute atomic E-state index is 0.217. The quantitative estimate of drug-likeness (QED) is 0.919. The summed E-state index contributed by atoms with van der Waals surface area (Å²) in [5, 5.41) is 2.25. The van der Waals surface area contributed by atoms with E-state index in [-0.39, 0.29) is 12.3 Å². The topological polar surface area (TPSA) is 38.3 Å². The fourth-order valence-corrected chi connectivity index (χ4v) is 1.88. The van der Waals surface area contributed by atoms with Gasteiger partial charge >= 0.3 is 0 Å². The van der Waals surface area contributed by atoms with Crippen LogP contribution in [0.15, 0.2) is 46.9 Å². The molecule has 0 unspecified atom stereocenters. The van der Waals surface area contributed by atoms with E-state index in [2.05, 4.69) is 21.2 Å². The number of carbonyl (C=O) groups is 1. The molecule has 1 N–H and O–H groups in total. The normalized spacial score (nSPS) is 10.2. The SMILES string of the molecule is O=C(COc1ccccc1Br)Nc1cc(F)ccc1F. The molecule has 0 saturated heterocycles. The highest BCUT2D eigenvalue weighted by Gasteiger charge is 2.09. The van der Waals surface area contributed by atoms with Crippen LogP contribution in [0.2, 0.25) is 0 Å². The molecule has 0 fully saturated rings. The molecule has 0 aliphatic carbocycles. The second kappa shape index (κ2) is 6.47. The summed E-state index contributed by atoms with van der Waals surface area (Å²) in [5.41, 5.74) is -0.217. The number of benzene rings is 2. The Labute approximate surface area is 122 Å². The number of nitrogens with one attached hydrogen (secondary N) is 1. The lowest BCUT2D eigenvalue weighted by Gasteiger charge is -2.09. The van der Waals surface area contributed by atoms with Gasteiger partial charge in [0.25, 0.3) is 5.91 Å². The summed E-state index contributed by atoms with van der Waals surface area (Å²) in [6.45, 7) is -0.307. The number of rotatable bonds is 4. The molecule has 20 heavy (non-hydrogen) atoms. The third-order valence-corrected chi connectivity index (χ3v) is 3.05. The third kappa shape index (κ3) is 3.77. The highest BCUT2D eigenvalue weighted by atomic mass is 79.9. The van der Waals surface area contributed by atoms with E-state index >= 15 is 0 Å². The van der Waals surface area contributed by atoms with E-state index < -0.39 is 17.5 Å². The molecular weight excluding hydrogens is 332 g/mol. The van der Waals surface area contributed by atoms with Crippen molar-refractivity contribution >= 4 is 27.5 Å². The summed E-state index contributed by atoms with van der Waals surface area (Å²) in [7, 11) is 0. The Morgan fingerprint density at radius 2 is 1.95 bits per heavy atom. The number of amides is 1. The molecule has 0 atom stereocenters. The lowest BCUT2D eigenvalue weighted by atomic mass is 10.3. The summed E-state index contributed by atoms with van der Waals surface area (Å²) in [5.74, 6) is -1.43. The van der Waals surface area contributed by atoms with Crippen LogP contribution in [-0.4, -0.2) is 12.5 Å². The average molecular weight is 342 g/mol. The Balaban J connectivity index is 1.96. The molecule has 2 aromatic rings. The van der Waals surface area contributed by atoms with Gasteiger partial charge < -0.3 is 10.1 Å². The van der Waals surface area contributed by atoms with Gasteiger partial charge in [0.1, 0.15) is 17.4 Å². The van der Waals surface area contributed by atoms with Crippen molar-refractivity contribution in [3.63, 3.8) is 0 Å². The molecule has 0 spiro atoms. The third-order valence-electron chi connectivity index (χ3n) is 2.40. The first-order valence-electron chi connectivity index (χ1n) is 5.68. The Morgan fingerprint density at radius 1 is 1.20 bits per heavy atom. The molecule has 0 radical (unpaired) electrons. The number of anilines is 1. The van der Waals surface area contributed by atoms with Gasteiger partial charge in [-0.05, 0) is 40.2 Å². The second-order valence-corrected chi connectivity index (χ2v) is 4.75. The van der Waals surface area contributed by atoms with Gasteiger partial charge in [-0.1, -0.05) is 12.1 Å². The first-order chi connectivity index (χ1) is 9.56. The zero-order valence-corrected chi connectivity index (χ0v) is 11.8. The van der Waals surface area contributed by atoms with Gasteiger partial charge in [-0.25, -0.2) is 8.78 Å². The Morgan fingerprint density at radius 3 is 2.70 bits per heavy atom. The molecule has 0 aromatic heterocycles. The zero-order valence-electron chi connectivity index (χ0n) is 10.2. The van der Waals surface area contributed by atoms with E-state index in [1.54, 1.807) is 24.3 Å². The largest absolute Gasteiger partial charge is 0.483 e. The summed E-state index contributed by atoms with van der Waals surface area (Å²) in [6, 6.07) is 9.83. The van der Waals surface area contributed by atoms with E-state index in [1.165, 1.54) is 0 Å². The fourth-order valence-electron chi connectivity index (χ4n) is 1.48. The van der Waals surface area contributed by atoms with Gasteiger partial charge in [0.2, 0.25) is 0 Å². The van der Waals surface area contributed by atoms with Crippen LogP contribution in [0.5, 0.6) is 5.75 Å². The number of halogens is 3. The molecular formula is C14H10BrF2NO2. The molecule has 0 heterocycles. The maximum absolute atomic E-state index is 13.3. The van der Waals surface area contributed by atoms with Crippen LogP contribution in [0.1, 0.15) is 0 Å². The summed E-state index contributed by atoms with van der Waals surface area (Å²) < 4.78 is 32.2. The number of hydrogen-bond donors (Lipinski definition) is 1. The monoisotopic (exact) mass is 341 g/mol. The van der Waals surface area contributed by atoms with Crippen LogP contribution < -0.4 is 10.1 Å². The van der Waals surface area contributed by atoms with Crippen molar-refractivity contribution in [2.75, 3.05) is 11.9 Å². The maximum Gasteiger partial charge on any atom is 0.262 e.